The number of halogens is 2. The van der Waals surface area contributed by atoms with Gasteiger partial charge in [0.2, 0.25) is 10.0 Å². The molecule has 0 spiro atoms. The van der Waals surface area contributed by atoms with E-state index in [0.29, 0.717) is 12.1 Å². The van der Waals surface area contributed by atoms with Gasteiger partial charge in [0, 0.05) is 25.2 Å². The summed E-state index contributed by atoms with van der Waals surface area (Å²) in [7, 11) is -2.20. The molecule has 1 aromatic rings. The number of hydrogen-bond acceptors (Lipinski definition) is 3. The number of fused-ring (bicyclic) bond motifs is 2. The molecule has 2 aliphatic heterocycles. The van der Waals surface area contributed by atoms with Gasteiger partial charge in [0.25, 0.3) is 0 Å². The molecule has 124 valence electrons. The molecular formula is C15H22ClFN2O2S. The van der Waals surface area contributed by atoms with Crippen LogP contribution >= 0.6 is 12.4 Å². The summed E-state index contributed by atoms with van der Waals surface area (Å²) < 4.78 is 40.7. The molecule has 1 aromatic carbocycles. The number of sulfonamides is 1. The van der Waals surface area contributed by atoms with Crippen LogP contribution in [0.2, 0.25) is 0 Å². The molecular weight excluding hydrogens is 327 g/mol. The molecule has 0 amide bonds. The Labute approximate surface area is 137 Å². The van der Waals surface area contributed by atoms with Gasteiger partial charge in [-0.1, -0.05) is 6.07 Å². The van der Waals surface area contributed by atoms with Gasteiger partial charge in [-0.2, -0.15) is 4.31 Å². The van der Waals surface area contributed by atoms with Crippen molar-refractivity contribution < 1.29 is 12.8 Å². The van der Waals surface area contributed by atoms with Crippen molar-refractivity contribution in [2.24, 2.45) is 0 Å². The van der Waals surface area contributed by atoms with Crippen molar-refractivity contribution in [2.75, 3.05) is 7.05 Å². The van der Waals surface area contributed by atoms with E-state index in [4.69, 9.17) is 0 Å². The van der Waals surface area contributed by atoms with E-state index in [9.17, 15) is 12.8 Å². The number of rotatable bonds is 3. The lowest BCUT2D eigenvalue weighted by Gasteiger charge is -2.34. The molecule has 0 aromatic heterocycles. The van der Waals surface area contributed by atoms with Gasteiger partial charge < -0.3 is 5.32 Å². The minimum atomic E-state index is -3.78. The fraction of sp³-hybridized carbons (Fsp3) is 0.600. The second kappa shape index (κ2) is 6.43. The highest BCUT2D eigenvalue weighted by Crippen LogP contribution is 2.32. The molecule has 2 fully saturated rings. The quantitative estimate of drug-likeness (QED) is 0.912. The average Bonchev–Trinajstić information content (AvgIpc) is 2.79. The smallest absolute Gasteiger partial charge is 0.245 e. The number of aryl methyl sites for hydroxylation is 1. The van der Waals surface area contributed by atoms with E-state index in [1.54, 1.807) is 20.0 Å². The van der Waals surface area contributed by atoms with Crippen LogP contribution in [-0.2, 0) is 10.0 Å². The molecule has 3 rings (SSSR count). The third kappa shape index (κ3) is 3.15. The van der Waals surface area contributed by atoms with Crippen LogP contribution in [0.15, 0.2) is 23.1 Å². The van der Waals surface area contributed by atoms with Crippen molar-refractivity contribution in [3.05, 3.63) is 29.6 Å². The van der Waals surface area contributed by atoms with Gasteiger partial charge in [0.1, 0.15) is 10.7 Å². The topological polar surface area (TPSA) is 49.4 Å². The lowest BCUT2D eigenvalue weighted by Crippen LogP contribution is -2.48. The summed E-state index contributed by atoms with van der Waals surface area (Å²) in [4.78, 5) is -0.212. The fourth-order valence-electron chi connectivity index (χ4n) is 3.48. The summed E-state index contributed by atoms with van der Waals surface area (Å²) in [6.07, 6.45) is 3.82. The van der Waals surface area contributed by atoms with E-state index in [1.807, 2.05) is 0 Å². The Morgan fingerprint density at radius 2 is 1.82 bits per heavy atom. The van der Waals surface area contributed by atoms with Crippen LogP contribution in [0.3, 0.4) is 0 Å². The molecule has 2 atom stereocenters. The Morgan fingerprint density at radius 1 is 1.23 bits per heavy atom. The first-order valence-corrected chi connectivity index (χ1v) is 8.82. The van der Waals surface area contributed by atoms with Gasteiger partial charge in [-0.15, -0.1) is 12.4 Å². The van der Waals surface area contributed by atoms with Gasteiger partial charge in [-0.3, -0.25) is 0 Å². The van der Waals surface area contributed by atoms with Crippen molar-refractivity contribution in [1.82, 2.24) is 9.62 Å². The van der Waals surface area contributed by atoms with Gasteiger partial charge in [0.05, 0.1) is 0 Å². The molecule has 2 heterocycles. The molecule has 0 radical (unpaired) electrons. The van der Waals surface area contributed by atoms with Crippen LogP contribution in [0.5, 0.6) is 0 Å². The molecule has 1 N–H and O–H groups in total. The van der Waals surface area contributed by atoms with E-state index in [1.165, 1.54) is 16.4 Å². The number of hydrogen-bond donors (Lipinski definition) is 1. The summed E-state index contributed by atoms with van der Waals surface area (Å²) >= 11 is 0. The van der Waals surface area contributed by atoms with Gasteiger partial charge in [0.15, 0.2) is 0 Å². The zero-order valence-electron chi connectivity index (χ0n) is 12.8. The van der Waals surface area contributed by atoms with Crippen molar-refractivity contribution in [1.29, 1.82) is 0 Å². The van der Waals surface area contributed by atoms with E-state index < -0.39 is 15.8 Å². The SMILES string of the molecule is Cc1ccc(F)c(S(=O)(=O)N(C)C2CC3CCC(C2)N3)c1.Cl. The summed E-state index contributed by atoms with van der Waals surface area (Å²) in [6, 6.07) is 4.97. The Hall–Kier alpha value is -0.690. The number of nitrogens with one attached hydrogen (secondary N) is 1. The minimum Gasteiger partial charge on any atom is -0.311 e. The lowest BCUT2D eigenvalue weighted by molar-refractivity contribution is 0.251. The molecule has 2 saturated heterocycles. The Bertz CT molecular complexity index is 641. The lowest BCUT2D eigenvalue weighted by atomic mass is 10.0. The van der Waals surface area contributed by atoms with Crippen LogP contribution in [0.4, 0.5) is 4.39 Å². The first kappa shape index (κ1) is 17.7. The highest BCUT2D eigenvalue weighted by Gasteiger charge is 2.39. The maximum atomic E-state index is 13.9. The molecule has 0 saturated carbocycles. The third-order valence-corrected chi connectivity index (χ3v) is 6.63. The normalized spacial score (nSPS) is 27.7. The van der Waals surface area contributed by atoms with Gasteiger partial charge in [-0.25, -0.2) is 12.8 Å². The van der Waals surface area contributed by atoms with Gasteiger partial charge in [-0.05, 0) is 50.3 Å². The first-order valence-electron chi connectivity index (χ1n) is 7.38. The van der Waals surface area contributed by atoms with E-state index in [0.717, 1.165) is 31.2 Å². The summed E-state index contributed by atoms with van der Waals surface area (Å²) in [5, 5.41) is 3.49. The van der Waals surface area contributed by atoms with Gasteiger partial charge >= 0.3 is 0 Å². The standard InChI is InChI=1S/C15H21FN2O2S.ClH/c1-10-3-6-14(16)15(7-10)21(19,20)18(2)13-8-11-4-5-12(9-13)17-11;/h3,6-7,11-13,17H,4-5,8-9H2,1-2H3;1H. The monoisotopic (exact) mass is 348 g/mol. The second-order valence-electron chi connectivity index (χ2n) is 6.22. The predicted octanol–water partition coefficient (Wildman–Crippen LogP) is 2.46. The van der Waals surface area contributed by atoms with Crippen molar-refractivity contribution in [2.45, 2.75) is 55.6 Å². The molecule has 2 aliphatic rings. The largest absolute Gasteiger partial charge is 0.311 e. The number of benzene rings is 1. The van der Waals surface area contributed by atoms with Crippen LogP contribution in [0.25, 0.3) is 0 Å². The number of piperidine rings is 1. The van der Waals surface area contributed by atoms with Crippen LogP contribution in [-0.4, -0.2) is 37.9 Å². The maximum absolute atomic E-state index is 13.9. The highest BCUT2D eigenvalue weighted by molar-refractivity contribution is 7.89. The summed E-state index contributed by atoms with van der Waals surface area (Å²) in [6.45, 7) is 1.77. The van der Waals surface area contributed by atoms with E-state index in [-0.39, 0.29) is 23.3 Å². The second-order valence-corrected chi connectivity index (χ2v) is 8.18. The summed E-state index contributed by atoms with van der Waals surface area (Å²) in [5.74, 6) is -0.677. The molecule has 4 nitrogen and oxygen atoms in total. The first-order chi connectivity index (χ1) is 9.88. The summed E-state index contributed by atoms with van der Waals surface area (Å²) in [5.41, 5.74) is 0.744. The minimum absolute atomic E-state index is 0. The van der Waals surface area contributed by atoms with Crippen molar-refractivity contribution in [3.8, 4) is 0 Å². The third-order valence-electron chi connectivity index (χ3n) is 4.71. The van der Waals surface area contributed by atoms with Crippen LogP contribution < -0.4 is 5.32 Å². The molecule has 0 aliphatic carbocycles. The van der Waals surface area contributed by atoms with Crippen LogP contribution in [0, 0.1) is 12.7 Å². The average molecular weight is 349 g/mol. The van der Waals surface area contributed by atoms with E-state index in [2.05, 4.69) is 5.32 Å². The van der Waals surface area contributed by atoms with Crippen molar-refractivity contribution in [3.63, 3.8) is 0 Å². The molecule has 22 heavy (non-hydrogen) atoms. The fourth-order valence-corrected chi connectivity index (χ4v) is 5.01. The highest BCUT2D eigenvalue weighted by atomic mass is 35.5. The molecule has 7 heteroatoms. The maximum Gasteiger partial charge on any atom is 0.245 e. The Balaban J connectivity index is 0.00000176. The predicted molar refractivity (Wildman–Crippen MR) is 86.3 cm³/mol. The Morgan fingerprint density at radius 3 is 2.41 bits per heavy atom. The Kier molecular flexibility index (Phi) is 5.16. The molecule has 2 unspecified atom stereocenters. The zero-order valence-corrected chi connectivity index (χ0v) is 14.4. The van der Waals surface area contributed by atoms with Crippen LogP contribution in [0.1, 0.15) is 31.2 Å². The zero-order chi connectivity index (χ0) is 15.2. The van der Waals surface area contributed by atoms with Crippen molar-refractivity contribution >= 4 is 22.4 Å². The molecule has 2 bridgehead atoms. The number of nitrogens with zero attached hydrogens (tertiary/aromatic N) is 1. The van der Waals surface area contributed by atoms with E-state index >= 15 is 0 Å².